The fourth-order valence-electron chi connectivity index (χ4n) is 2.77. The normalized spacial score (nSPS) is 28.9. The topological polar surface area (TPSA) is 52.9 Å². The molecule has 1 saturated carbocycles. The van der Waals surface area contributed by atoms with Crippen LogP contribution >= 0.6 is 0 Å². The van der Waals surface area contributed by atoms with Crippen LogP contribution < -0.4 is 0 Å². The monoisotopic (exact) mass is 243 g/mol. The predicted octanol–water partition coefficient (Wildman–Crippen LogP) is 0.765. The zero-order valence-corrected chi connectivity index (χ0v) is 10.6. The van der Waals surface area contributed by atoms with Gasteiger partial charge in [-0.25, -0.2) is 0 Å². The highest BCUT2D eigenvalue weighted by Crippen LogP contribution is 2.34. The Hall–Kier alpha value is -0.160. The highest BCUT2D eigenvalue weighted by Gasteiger charge is 2.34. The Labute approximate surface area is 104 Å². The molecule has 1 aliphatic carbocycles. The molecule has 0 aromatic rings. The third-order valence-corrected chi connectivity index (χ3v) is 4.08. The summed E-state index contributed by atoms with van der Waals surface area (Å²) in [7, 11) is 0. The van der Waals surface area contributed by atoms with Crippen molar-refractivity contribution in [1.82, 2.24) is 4.90 Å². The molecule has 2 aliphatic rings. The summed E-state index contributed by atoms with van der Waals surface area (Å²) in [6.45, 7) is 3.61. The minimum Gasteiger partial charge on any atom is -0.394 e. The summed E-state index contributed by atoms with van der Waals surface area (Å²) in [5, 5.41) is 18.8. The minimum absolute atomic E-state index is 0.107. The molecular weight excluding hydrogens is 218 g/mol. The summed E-state index contributed by atoms with van der Waals surface area (Å²) in [5.41, 5.74) is -0.362. The van der Waals surface area contributed by atoms with Gasteiger partial charge in [0, 0.05) is 13.1 Å². The van der Waals surface area contributed by atoms with Gasteiger partial charge in [-0.05, 0) is 45.1 Å². The maximum absolute atomic E-state index is 10.1. The summed E-state index contributed by atoms with van der Waals surface area (Å²) in [5.74, 6) is 0. The van der Waals surface area contributed by atoms with Crippen LogP contribution in [0.3, 0.4) is 0 Å². The first-order valence-electron chi connectivity index (χ1n) is 6.89. The lowest BCUT2D eigenvalue weighted by Crippen LogP contribution is -2.45. The fraction of sp³-hybridized carbons (Fsp3) is 1.00. The number of nitrogens with zero attached hydrogens (tertiary/aromatic N) is 1. The minimum atomic E-state index is -0.362. The second-order valence-corrected chi connectivity index (χ2v) is 5.49. The number of hydrogen-bond donors (Lipinski definition) is 2. The van der Waals surface area contributed by atoms with Crippen molar-refractivity contribution >= 4 is 0 Å². The maximum Gasteiger partial charge on any atom is 0.0703 e. The molecule has 4 nitrogen and oxygen atoms in total. The van der Waals surface area contributed by atoms with E-state index in [1.165, 1.54) is 6.42 Å². The molecule has 2 fully saturated rings. The van der Waals surface area contributed by atoms with Crippen LogP contribution in [0.1, 0.15) is 38.5 Å². The van der Waals surface area contributed by atoms with Crippen LogP contribution in [0.25, 0.3) is 0 Å². The molecule has 1 saturated heterocycles. The standard InChI is InChI=1S/C13H25NO3/c15-9-10-17-12-3-1-7-14(11-12)8-6-13(16)4-2-5-13/h12,15-16H,1-11H2. The molecule has 0 aromatic heterocycles. The summed E-state index contributed by atoms with van der Waals surface area (Å²) in [6.07, 6.45) is 6.57. The first-order valence-corrected chi connectivity index (χ1v) is 6.89. The Morgan fingerprint density at radius 2 is 2.12 bits per heavy atom. The van der Waals surface area contributed by atoms with Gasteiger partial charge in [-0.15, -0.1) is 0 Å². The Morgan fingerprint density at radius 3 is 2.76 bits per heavy atom. The van der Waals surface area contributed by atoms with Crippen molar-refractivity contribution in [2.45, 2.75) is 50.2 Å². The molecule has 1 unspecified atom stereocenters. The smallest absolute Gasteiger partial charge is 0.0703 e. The van der Waals surface area contributed by atoms with Gasteiger partial charge < -0.3 is 19.8 Å². The van der Waals surface area contributed by atoms with Crippen LogP contribution in [0.5, 0.6) is 0 Å². The Morgan fingerprint density at radius 1 is 1.29 bits per heavy atom. The molecule has 17 heavy (non-hydrogen) atoms. The van der Waals surface area contributed by atoms with Crippen molar-refractivity contribution in [2.75, 3.05) is 32.8 Å². The zero-order valence-electron chi connectivity index (χ0n) is 10.6. The van der Waals surface area contributed by atoms with E-state index in [9.17, 15) is 5.11 Å². The van der Waals surface area contributed by atoms with Crippen LogP contribution in [0.15, 0.2) is 0 Å². The Balaban J connectivity index is 1.66. The van der Waals surface area contributed by atoms with E-state index in [1.54, 1.807) is 0 Å². The SMILES string of the molecule is OCCOC1CCCN(CCC2(O)CCC2)C1. The van der Waals surface area contributed by atoms with Gasteiger partial charge in [0.2, 0.25) is 0 Å². The van der Waals surface area contributed by atoms with Gasteiger partial charge in [0.1, 0.15) is 0 Å². The molecule has 1 atom stereocenters. The van der Waals surface area contributed by atoms with Gasteiger partial charge in [0.25, 0.3) is 0 Å². The lowest BCUT2D eigenvalue weighted by Gasteiger charge is -2.40. The number of aliphatic hydroxyl groups excluding tert-OH is 1. The van der Waals surface area contributed by atoms with E-state index < -0.39 is 0 Å². The Bertz CT molecular complexity index is 231. The van der Waals surface area contributed by atoms with Crippen LogP contribution in [0.2, 0.25) is 0 Å². The summed E-state index contributed by atoms with van der Waals surface area (Å²) < 4.78 is 5.58. The van der Waals surface area contributed by atoms with E-state index in [2.05, 4.69) is 4.90 Å². The van der Waals surface area contributed by atoms with Gasteiger partial charge >= 0.3 is 0 Å². The van der Waals surface area contributed by atoms with Crippen molar-refractivity contribution in [2.24, 2.45) is 0 Å². The van der Waals surface area contributed by atoms with Crippen LogP contribution in [0, 0.1) is 0 Å². The summed E-state index contributed by atoms with van der Waals surface area (Å²) >= 11 is 0. The van der Waals surface area contributed by atoms with Crippen LogP contribution in [-0.4, -0.2) is 59.7 Å². The number of piperidine rings is 1. The van der Waals surface area contributed by atoms with Crippen molar-refractivity contribution in [1.29, 1.82) is 0 Å². The maximum atomic E-state index is 10.1. The summed E-state index contributed by atoms with van der Waals surface area (Å²) in [4.78, 5) is 2.39. The van der Waals surface area contributed by atoms with Gasteiger partial charge in [0.15, 0.2) is 0 Å². The van der Waals surface area contributed by atoms with E-state index in [4.69, 9.17) is 9.84 Å². The van der Waals surface area contributed by atoms with E-state index in [0.717, 1.165) is 51.7 Å². The first-order chi connectivity index (χ1) is 8.22. The highest BCUT2D eigenvalue weighted by molar-refractivity contribution is 4.88. The van der Waals surface area contributed by atoms with Gasteiger partial charge in [-0.1, -0.05) is 0 Å². The van der Waals surface area contributed by atoms with Gasteiger partial charge in [-0.2, -0.15) is 0 Å². The zero-order chi connectivity index (χ0) is 12.1. The van der Waals surface area contributed by atoms with Gasteiger partial charge in [-0.3, -0.25) is 0 Å². The molecule has 0 bridgehead atoms. The van der Waals surface area contributed by atoms with Gasteiger partial charge in [0.05, 0.1) is 24.9 Å². The third-order valence-electron chi connectivity index (χ3n) is 4.08. The number of hydrogen-bond acceptors (Lipinski definition) is 4. The van der Waals surface area contributed by atoms with Crippen LogP contribution in [-0.2, 0) is 4.74 Å². The second kappa shape index (κ2) is 6.14. The second-order valence-electron chi connectivity index (χ2n) is 5.49. The lowest BCUT2D eigenvalue weighted by atomic mass is 9.78. The van der Waals surface area contributed by atoms with Crippen molar-refractivity contribution in [3.63, 3.8) is 0 Å². The molecule has 2 N–H and O–H groups in total. The summed E-state index contributed by atoms with van der Waals surface area (Å²) in [6, 6.07) is 0. The van der Waals surface area contributed by atoms with E-state index in [-0.39, 0.29) is 18.3 Å². The van der Waals surface area contributed by atoms with Crippen LogP contribution in [0.4, 0.5) is 0 Å². The lowest BCUT2D eigenvalue weighted by molar-refractivity contribution is -0.0566. The number of ether oxygens (including phenoxy) is 1. The number of rotatable bonds is 6. The fourth-order valence-corrected chi connectivity index (χ4v) is 2.77. The molecule has 4 heteroatoms. The molecule has 100 valence electrons. The van der Waals surface area contributed by atoms with E-state index >= 15 is 0 Å². The molecule has 0 amide bonds. The largest absolute Gasteiger partial charge is 0.394 e. The highest BCUT2D eigenvalue weighted by atomic mass is 16.5. The third kappa shape index (κ3) is 3.91. The quantitative estimate of drug-likeness (QED) is 0.723. The van der Waals surface area contributed by atoms with Crippen molar-refractivity contribution < 1.29 is 14.9 Å². The molecule has 1 aliphatic heterocycles. The molecular formula is C13H25NO3. The average molecular weight is 243 g/mol. The first kappa shape index (κ1) is 13.3. The predicted molar refractivity (Wildman–Crippen MR) is 65.9 cm³/mol. The average Bonchev–Trinajstić information content (AvgIpc) is 2.32. The van der Waals surface area contributed by atoms with E-state index in [1.807, 2.05) is 0 Å². The number of likely N-dealkylation sites (tertiary alicyclic amines) is 1. The molecule has 0 spiro atoms. The van der Waals surface area contributed by atoms with Crippen molar-refractivity contribution in [3.05, 3.63) is 0 Å². The molecule has 2 rings (SSSR count). The van der Waals surface area contributed by atoms with E-state index in [0.29, 0.717) is 6.61 Å². The molecule has 0 radical (unpaired) electrons. The van der Waals surface area contributed by atoms with Crippen molar-refractivity contribution in [3.8, 4) is 0 Å². The number of aliphatic hydroxyl groups is 2. The Kier molecular flexibility index (Phi) is 4.79. The molecule has 1 heterocycles. The molecule has 0 aromatic carbocycles.